The molecule has 0 aromatic carbocycles. The number of hydrogen-bond donors (Lipinski definition) is 2. The topological polar surface area (TPSA) is 71.7 Å². The van der Waals surface area contributed by atoms with Gasteiger partial charge in [0.1, 0.15) is 5.76 Å². The standard InChI is InChI=1S/C10H15NO4/c1-7(6-12)11-5-8-3-4-9(15-8)10(13)14-2/h3-4,7,11-12H,5-6H2,1-2H3/t7-/m1/s1. The number of carbonyl (C=O) groups excluding carboxylic acids is 1. The maximum atomic E-state index is 11.0. The van der Waals surface area contributed by atoms with Crippen molar-refractivity contribution in [1.29, 1.82) is 0 Å². The second-order valence-corrected chi connectivity index (χ2v) is 3.22. The predicted molar refractivity (Wildman–Crippen MR) is 53.4 cm³/mol. The second kappa shape index (κ2) is 5.53. The van der Waals surface area contributed by atoms with Crippen LogP contribution in [0.5, 0.6) is 0 Å². The van der Waals surface area contributed by atoms with Gasteiger partial charge in [0, 0.05) is 6.04 Å². The van der Waals surface area contributed by atoms with Crippen LogP contribution in [-0.2, 0) is 11.3 Å². The van der Waals surface area contributed by atoms with Crippen molar-refractivity contribution in [3.8, 4) is 0 Å². The average Bonchev–Trinajstić information content (AvgIpc) is 2.73. The van der Waals surface area contributed by atoms with Gasteiger partial charge in [-0.2, -0.15) is 0 Å². The number of nitrogens with one attached hydrogen (secondary N) is 1. The highest BCUT2D eigenvalue weighted by Gasteiger charge is 2.11. The fraction of sp³-hybridized carbons (Fsp3) is 0.500. The molecular formula is C10H15NO4. The summed E-state index contributed by atoms with van der Waals surface area (Å²) in [5, 5.41) is 11.8. The normalized spacial score (nSPS) is 12.5. The quantitative estimate of drug-likeness (QED) is 0.698. The molecule has 5 heteroatoms. The van der Waals surface area contributed by atoms with Crippen molar-refractivity contribution in [2.45, 2.75) is 19.5 Å². The number of rotatable bonds is 5. The highest BCUT2D eigenvalue weighted by molar-refractivity contribution is 5.86. The highest BCUT2D eigenvalue weighted by atomic mass is 16.5. The van der Waals surface area contributed by atoms with Gasteiger partial charge in [0.25, 0.3) is 0 Å². The van der Waals surface area contributed by atoms with Crippen LogP contribution in [0.25, 0.3) is 0 Å². The van der Waals surface area contributed by atoms with Crippen LogP contribution in [0, 0.1) is 0 Å². The molecule has 0 amide bonds. The maximum Gasteiger partial charge on any atom is 0.373 e. The van der Waals surface area contributed by atoms with E-state index in [-0.39, 0.29) is 18.4 Å². The molecule has 0 saturated heterocycles. The molecule has 15 heavy (non-hydrogen) atoms. The predicted octanol–water partition coefficient (Wildman–Crippen LogP) is 0.537. The zero-order valence-corrected chi connectivity index (χ0v) is 8.82. The number of methoxy groups -OCH3 is 1. The number of aliphatic hydroxyl groups excluding tert-OH is 1. The van der Waals surface area contributed by atoms with E-state index in [0.29, 0.717) is 12.3 Å². The van der Waals surface area contributed by atoms with Crippen molar-refractivity contribution in [2.75, 3.05) is 13.7 Å². The Morgan fingerprint density at radius 3 is 3.00 bits per heavy atom. The van der Waals surface area contributed by atoms with Crippen LogP contribution in [0.15, 0.2) is 16.5 Å². The van der Waals surface area contributed by atoms with Crippen LogP contribution in [0.1, 0.15) is 23.2 Å². The first-order chi connectivity index (χ1) is 7.17. The lowest BCUT2D eigenvalue weighted by Crippen LogP contribution is -2.28. The molecule has 0 saturated carbocycles. The van der Waals surface area contributed by atoms with Crippen LogP contribution < -0.4 is 5.32 Å². The summed E-state index contributed by atoms with van der Waals surface area (Å²) < 4.78 is 9.72. The number of hydrogen-bond acceptors (Lipinski definition) is 5. The molecule has 0 radical (unpaired) electrons. The minimum Gasteiger partial charge on any atom is -0.463 e. The Morgan fingerprint density at radius 2 is 2.40 bits per heavy atom. The van der Waals surface area contributed by atoms with Crippen LogP contribution in [-0.4, -0.2) is 30.8 Å². The minimum atomic E-state index is -0.489. The molecule has 5 nitrogen and oxygen atoms in total. The molecule has 2 N–H and O–H groups in total. The Morgan fingerprint density at radius 1 is 1.67 bits per heavy atom. The lowest BCUT2D eigenvalue weighted by atomic mass is 10.3. The lowest BCUT2D eigenvalue weighted by molar-refractivity contribution is 0.0562. The van der Waals surface area contributed by atoms with Gasteiger partial charge in [0.05, 0.1) is 20.3 Å². The van der Waals surface area contributed by atoms with Crippen LogP contribution in [0.3, 0.4) is 0 Å². The third-order valence-corrected chi connectivity index (χ3v) is 1.95. The number of aliphatic hydroxyl groups is 1. The molecule has 0 bridgehead atoms. The third-order valence-electron chi connectivity index (χ3n) is 1.95. The first kappa shape index (κ1) is 11.7. The zero-order chi connectivity index (χ0) is 11.3. The lowest BCUT2D eigenvalue weighted by Gasteiger charge is -2.08. The van der Waals surface area contributed by atoms with E-state index in [1.807, 2.05) is 6.92 Å². The molecule has 0 spiro atoms. The monoisotopic (exact) mass is 213 g/mol. The number of ether oxygens (including phenoxy) is 1. The van der Waals surface area contributed by atoms with Gasteiger partial charge in [-0.15, -0.1) is 0 Å². The smallest absolute Gasteiger partial charge is 0.373 e. The Hall–Kier alpha value is -1.33. The van der Waals surface area contributed by atoms with Crippen molar-refractivity contribution in [3.63, 3.8) is 0 Å². The van der Waals surface area contributed by atoms with E-state index >= 15 is 0 Å². The molecule has 84 valence electrons. The summed E-state index contributed by atoms with van der Waals surface area (Å²) >= 11 is 0. The molecule has 0 aliphatic carbocycles. The molecule has 1 rings (SSSR count). The van der Waals surface area contributed by atoms with Gasteiger partial charge >= 0.3 is 5.97 Å². The summed E-state index contributed by atoms with van der Waals surface area (Å²) in [7, 11) is 1.30. The Kier molecular flexibility index (Phi) is 4.33. The number of carbonyl (C=O) groups is 1. The van der Waals surface area contributed by atoms with Gasteiger partial charge in [-0.05, 0) is 19.1 Å². The largest absolute Gasteiger partial charge is 0.463 e. The summed E-state index contributed by atoms with van der Waals surface area (Å²) in [5.41, 5.74) is 0. The number of furan rings is 1. The van der Waals surface area contributed by atoms with E-state index < -0.39 is 5.97 Å². The molecule has 0 unspecified atom stereocenters. The van der Waals surface area contributed by atoms with Crippen LogP contribution in [0.2, 0.25) is 0 Å². The minimum absolute atomic E-state index is 0.00308. The van der Waals surface area contributed by atoms with Crippen molar-refractivity contribution in [3.05, 3.63) is 23.7 Å². The van der Waals surface area contributed by atoms with Crippen molar-refractivity contribution in [2.24, 2.45) is 0 Å². The molecular weight excluding hydrogens is 198 g/mol. The van der Waals surface area contributed by atoms with Gasteiger partial charge < -0.3 is 19.6 Å². The maximum absolute atomic E-state index is 11.0. The summed E-state index contributed by atoms with van der Waals surface area (Å²) in [5.74, 6) is 0.332. The molecule has 1 heterocycles. The van der Waals surface area contributed by atoms with Crippen LogP contribution >= 0.6 is 0 Å². The molecule has 1 aromatic heterocycles. The van der Waals surface area contributed by atoms with Crippen molar-refractivity contribution >= 4 is 5.97 Å². The SMILES string of the molecule is COC(=O)c1ccc(CN[C@H](C)CO)o1. The fourth-order valence-electron chi connectivity index (χ4n) is 1.02. The van der Waals surface area contributed by atoms with E-state index in [1.165, 1.54) is 7.11 Å². The van der Waals surface area contributed by atoms with Crippen LogP contribution in [0.4, 0.5) is 0 Å². The van der Waals surface area contributed by atoms with Gasteiger partial charge in [-0.3, -0.25) is 0 Å². The molecule has 0 fully saturated rings. The van der Waals surface area contributed by atoms with Gasteiger partial charge in [0.15, 0.2) is 0 Å². The van der Waals surface area contributed by atoms with Gasteiger partial charge in [-0.1, -0.05) is 0 Å². The van der Waals surface area contributed by atoms with E-state index in [4.69, 9.17) is 9.52 Å². The first-order valence-corrected chi connectivity index (χ1v) is 4.68. The van der Waals surface area contributed by atoms with Gasteiger partial charge in [-0.25, -0.2) is 4.79 Å². The van der Waals surface area contributed by atoms with Gasteiger partial charge in [0.2, 0.25) is 5.76 Å². The summed E-state index contributed by atoms with van der Waals surface area (Å²) in [6, 6.07) is 3.26. The second-order valence-electron chi connectivity index (χ2n) is 3.22. The summed E-state index contributed by atoms with van der Waals surface area (Å²) in [6.45, 7) is 2.38. The number of esters is 1. The van der Waals surface area contributed by atoms with E-state index in [9.17, 15) is 4.79 Å². The molecule has 0 aliphatic rings. The molecule has 1 aromatic rings. The summed E-state index contributed by atoms with van der Waals surface area (Å²) in [6.07, 6.45) is 0. The molecule has 0 aliphatic heterocycles. The zero-order valence-electron chi connectivity index (χ0n) is 8.82. The fourth-order valence-corrected chi connectivity index (χ4v) is 1.02. The first-order valence-electron chi connectivity index (χ1n) is 4.68. The molecule has 1 atom stereocenters. The highest BCUT2D eigenvalue weighted by Crippen LogP contribution is 2.08. The van der Waals surface area contributed by atoms with E-state index in [0.717, 1.165) is 0 Å². The Labute approximate surface area is 88.0 Å². The Bertz CT molecular complexity index is 321. The average molecular weight is 213 g/mol. The van der Waals surface area contributed by atoms with Crippen molar-refractivity contribution in [1.82, 2.24) is 5.32 Å². The van der Waals surface area contributed by atoms with Crippen molar-refractivity contribution < 1.29 is 19.1 Å². The Balaban J connectivity index is 2.49. The van der Waals surface area contributed by atoms with E-state index in [2.05, 4.69) is 10.1 Å². The van der Waals surface area contributed by atoms with E-state index in [1.54, 1.807) is 12.1 Å². The third kappa shape index (κ3) is 3.38. The summed E-state index contributed by atoms with van der Waals surface area (Å²) in [4.78, 5) is 11.0.